The van der Waals surface area contributed by atoms with Gasteiger partial charge in [-0.15, -0.1) is 0 Å². The Labute approximate surface area is 148 Å². The van der Waals surface area contributed by atoms with Crippen molar-refractivity contribution in [2.45, 2.75) is 64.8 Å². The molecule has 2 aliphatic heterocycles. The summed E-state index contributed by atoms with van der Waals surface area (Å²) < 4.78 is 7.09. The third-order valence-electron chi connectivity index (χ3n) is 5.06. The topological polar surface area (TPSA) is 76.5 Å². The summed E-state index contributed by atoms with van der Waals surface area (Å²) >= 11 is 0. The van der Waals surface area contributed by atoms with Crippen molar-refractivity contribution in [2.24, 2.45) is 0 Å². The summed E-state index contributed by atoms with van der Waals surface area (Å²) in [6.07, 6.45) is 3.89. The molecule has 0 aliphatic carbocycles. The molecule has 1 N–H and O–H groups in total. The van der Waals surface area contributed by atoms with E-state index in [0.29, 0.717) is 19.6 Å². The molecule has 1 aromatic rings. The van der Waals surface area contributed by atoms with Crippen molar-refractivity contribution < 1.29 is 9.53 Å². The Balaban J connectivity index is 1.60. The highest BCUT2D eigenvalue weighted by molar-refractivity contribution is 5.81. The Hall–Kier alpha value is -1.73. The van der Waals surface area contributed by atoms with E-state index in [4.69, 9.17) is 4.74 Å². The molecule has 1 fully saturated rings. The molecule has 3 heterocycles. The third-order valence-corrected chi connectivity index (χ3v) is 5.06. The SMILES string of the molecule is CCCn1nc2c(cc1=O)CN(C(C)C(=O)NCC1CCCO1)CC2. The molecule has 3 rings (SSSR count). The smallest absolute Gasteiger partial charge is 0.267 e. The lowest BCUT2D eigenvalue weighted by Gasteiger charge is -2.32. The Morgan fingerprint density at radius 3 is 3.08 bits per heavy atom. The van der Waals surface area contributed by atoms with Crippen molar-refractivity contribution in [3.8, 4) is 0 Å². The molecule has 2 aliphatic rings. The molecule has 0 aromatic carbocycles. The van der Waals surface area contributed by atoms with Gasteiger partial charge in [0.2, 0.25) is 5.91 Å². The first kappa shape index (κ1) is 18.1. The zero-order valence-electron chi connectivity index (χ0n) is 15.2. The summed E-state index contributed by atoms with van der Waals surface area (Å²) in [6, 6.07) is 1.45. The van der Waals surface area contributed by atoms with Crippen LogP contribution in [0.3, 0.4) is 0 Å². The molecule has 2 unspecified atom stereocenters. The van der Waals surface area contributed by atoms with Gasteiger partial charge in [-0.25, -0.2) is 4.68 Å². The summed E-state index contributed by atoms with van der Waals surface area (Å²) in [5.41, 5.74) is 1.87. The zero-order chi connectivity index (χ0) is 17.8. The summed E-state index contributed by atoms with van der Waals surface area (Å²) in [7, 11) is 0. The number of hydrogen-bond donors (Lipinski definition) is 1. The number of amides is 1. The second-order valence-electron chi connectivity index (χ2n) is 6.95. The van der Waals surface area contributed by atoms with Crippen LogP contribution in [0.25, 0.3) is 0 Å². The van der Waals surface area contributed by atoms with E-state index in [0.717, 1.165) is 50.1 Å². The fourth-order valence-electron chi connectivity index (χ4n) is 3.50. The van der Waals surface area contributed by atoms with Crippen LogP contribution in [0.2, 0.25) is 0 Å². The minimum absolute atomic E-state index is 0.0197. The van der Waals surface area contributed by atoms with Crippen LogP contribution in [0.15, 0.2) is 10.9 Å². The minimum atomic E-state index is -0.229. The molecule has 0 saturated carbocycles. The molecule has 138 valence electrons. The number of nitrogens with zero attached hydrogens (tertiary/aromatic N) is 3. The Kier molecular flexibility index (Phi) is 5.86. The predicted octanol–water partition coefficient (Wildman–Crippen LogP) is 0.695. The summed E-state index contributed by atoms with van der Waals surface area (Å²) in [4.78, 5) is 26.7. The van der Waals surface area contributed by atoms with Crippen LogP contribution in [0, 0.1) is 0 Å². The van der Waals surface area contributed by atoms with Crippen molar-refractivity contribution in [1.82, 2.24) is 20.0 Å². The average Bonchev–Trinajstić information content (AvgIpc) is 3.13. The van der Waals surface area contributed by atoms with Gasteiger partial charge in [0.15, 0.2) is 0 Å². The van der Waals surface area contributed by atoms with Gasteiger partial charge < -0.3 is 10.1 Å². The van der Waals surface area contributed by atoms with Crippen molar-refractivity contribution in [3.05, 3.63) is 27.7 Å². The first-order chi connectivity index (χ1) is 12.1. The van der Waals surface area contributed by atoms with Crippen molar-refractivity contribution in [2.75, 3.05) is 19.7 Å². The van der Waals surface area contributed by atoms with Crippen LogP contribution in [0.1, 0.15) is 44.4 Å². The summed E-state index contributed by atoms with van der Waals surface area (Å²) in [6.45, 7) is 7.35. The van der Waals surface area contributed by atoms with Crippen molar-refractivity contribution >= 4 is 5.91 Å². The number of fused-ring (bicyclic) bond motifs is 1. The van der Waals surface area contributed by atoms with E-state index in [1.807, 2.05) is 13.8 Å². The number of rotatable bonds is 6. The fraction of sp³-hybridized carbons (Fsp3) is 0.722. The van der Waals surface area contributed by atoms with Crippen LogP contribution in [-0.2, 0) is 29.0 Å². The molecule has 0 bridgehead atoms. The van der Waals surface area contributed by atoms with E-state index in [-0.39, 0.29) is 23.6 Å². The van der Waals surface area contributed by atoms with Crippen molar-refractivity contribution in [1.29, 1.82) is 0 Å². The maximum absolute atomic E-state index is 12.4. The van der Waals surface area contributed by atoms with E-state index < -0.39 is 0 Å². The largest absolute Gasteiger partial charge is 0.376 e. The Bertz CT molecular complexity index is 667. The van der Waals surface area contributed by atoms with Gasteiger partial charge in [-0.2, -0.15) is 5.10 Å². The van der Waals surface area contributed by atoms with E-state index in [1.165, 1.54) is 0 Å². The normalized spacial score (nSPS) is 21.8. The Morgan fingerprint density at radius 1 is 1.52 bits per heavy atom. The van der Waals surface area contributed by atoms with Gasteiger partial charge in [0.25, 0.3) is 5.56 Å². The number of aryl methyl sites for hydroxylation is 1. The molecule has 7 nitrogen and oxygen atoms in total. The van der Waals surface area contributed by atoms with E-state index >= 15 is 0 Å². The maximum Gasteiger partial charge on any atom is 0.267 e. The first-order valence-corrected chi connectivity index (χ1v) is 9.31. The highest BCUT2D eigenvalue weighted by Gasteiger charge is 2.27. The lowest BCUT2D eigenvalue weighted by molar-refractivity contribution is -0.126. The van der Waals surface area contributed by atoms with Gasteiger partial charge in [0.1, 0.15) is 0 Å². The average molecular weight is 348 g/mol. The predicted molar refractivity (Wildman–Crippen MR) is 94.3 cm³/mol. The lowest BCUT2D eigenvalue weighted by atomic mass is 10.0. The molecule has 1 saturated heterocycles. The second-order valence-corrected chi connectivity index (χ2v) is 6.95. The van der Waals surface area contributed by atoms with Crippen LogP contribution in [0.5, 0.6) is 0 Å². The molecule has 25 heavy (non-hydrogen) atoms. The molecule has 7 heteroatoms. The van der Waals surface area contributed by atoms with E-state index in [2.05, 4.69) is 15.3 Å². The molecule has 1 aromatic heterocycles. The van der Waals surface area contributed by atoms with E-state index in [9.17, 15) is 9.59 Å². The zero-order valence-corrected chi connectivity index (χ0v) is 15.2. The number of carbonyl (C=O) groups is 1. The number of nitrogens with one attached hydrogen (secondary N) is 1. The van der Waals surface area contributed by atoms with Gasteiger partial charge in [-0.3, -0.25) is 14.5 Å². The number of ether oxygens (including phenoxy) is 1. The quantitative estimate of drug-likeness (QED) is 0.819. The standard InChI is InChI=1S/C18H28N4O3/c1-3-7-22-17(23)10-14-12-21(8-6-16(14)20-22)13(2)18(24)19-11-15-5-4-9-25-15/h10,13,15H,3-9,11-12H2,1-2H3,(H,19,24). The monoisotopic (exact) mass is 348 g/mol. The first-order valence-electron chi connectivity index (χ1n) is 9.31. The van der Waals surface area contributed by atoms with Gasteiger partial charge in [0, 0.05) is 45.3 Å². The van der Waals surface area contributed by atoms with Crippen molar-refractivity contribution in [3.63, 3.8) is 0 Å². The van der Waals surface area contributed by atoms with Gasteiger partial charge in [-0.05, 0) is 31.7 Å². The van der Waals surface area contributed by atoms with Crippen LogP contribution in [-0.4, -0.2) is 52.4 Å². The van der Waals surface area contributed by atoms with Crippen LogP contribution < -0.4 is 10.9 Å². The number of hydrogen-bond acceptors (Lipinski definition) is 5. The Morgan fingerprint density at radius 2 is 2.36 bits per heavy atom. The maximum atomic E-state index is 12.4. The molecule has 1 amide bonds. The molecule has 0 spiro atoms. The molecule has 2 atom stereocenters. The van der Waals surface area contributed by atoms with Gasteiger partial charge >= 0.3 is 0 Å². The van der Waals surface area contributed by atoms with Crippen LogP contribution in [0.4, 0.5) is 0 Å². The summed E-state index contributed by atoms with van der Waals surface area (Å²) in [5.74, 6) is 0.0197. The van der Waals surface area contributed by atoms with Gasteiger partial charge in [0.05, 0.1) is 17.8 Å². The minimum Gasteiger partial charge on any atom is -0.376 e. The third kappa shape index (κ3) is 4.27. The van der Waals surface area contributed by atoms with Crippen LogP contribution >= 0.6 is 0 Å². The number of aromatic nitrogens is 2. The molecular formula is C18H28N4O3. The highest BCUT2D eigenvalue weighted by Crippen LogP contribution is 2.18. The second kappa shape index (κ2) is 8.10. The number of carbonyl (C=O) groups excluding carboxylic acids is 1. The van der Waals surface area contributed by atoms with Gasteiger partial charge in [-0.1, -0.05) is 6.92 Å². The fourth-order valence-corrected chi connectivity index (χ4v) is 3.50. The highest BCUT2D eigenvalue weighted by atomic mass is 16.5. The molecule has 0 radical (unpaired) electrons. The van der Waals surface area contributed by atoms with E-state index in [1.54, 1.807) is 10.7 Å². The molecular weight excluding hydrogens is 320 g/mol. The lowest BCUT2D eigenvalue weighted by Crippen LogP contribution is -2.48. The summed E-state index contributed by atoms with van der Waals surface area (Å²) in [5, 5.41) is 7.49.